The van der Waals surface area contributed by atoms with Crippen molar-refractivity contribution in [2.75, 3.05) is 131 Å². The van der Waals surface area contributed by atoms with E-state index in [1.54, 1.807) is 34.2 Å². The number of rotatable bonds is 39. The maximum atomic E-state index is 14.0. The second-order valence-electron chi connectivity index (χ2n) is 21.0. The Hall–Kier alpha value is -7.47. The van der Waals surface area contributed by atoms with Gasteiger partial charge in [0.25, 0.3) is 0 Å². The summed E-state index contributed by atoms with van der Waals surface area (Å²) in [6, 6.07) is 22.0. The maximum Gasteiger partial charge on any atom is 0.247 e. The third-order valence-corrected chi connectivity index (χ3v) is 15.3. The summed E-state index contributed by atoms with van der Waals surface area (Å²) in [5.74, 6) is 2.11. The molecule has 4 amide bonds. The van der Waals surface area contributed by atoms with E-state index >= 15 is 0 Å². The zero-order valence-corrected chi connectivity index (χ0v) is 51.7. The summed E-state index contributed by atoms with van der Waals surface area (Å²) >= 11 is 1.33. The van der Waals surface area contributed by atoms with Crippen LogP contribution in [-0.4, -0.2) is 196 Å². The summed E-state index contributed by atoms with van der Waals surface area (Å²) in [6.07, 6.45) is 13.2. The predicted octanol–water partition coefficient (Wildman–Crippen LogP) is 7.29. The van der Waals surface area contributed by atoms with E-state index in [1.165, 1.54) is 11.3 Å². The molecular formula is C64H89N11O10S. The highest BCUT2D eigenvalue weighted by atomic mass is 32.1. The average molecular weight is 1200 g/mol. The van der Waals surface area contributed by atoms with Gasteiger partial charge in [0.1, 0.15) is 29.9 Å². The number of thiazole rings is 1. The minimum atomic E-state index is -0.782. The van der Waals surface area contributed by atoms with Crippen molar-refractivity contribution in [3.8, 4) is 17.2 Å². The number of hydrogen-bond donors (Lipinski definition) is 3. The lowest BCUT2D eigenvalue weighted by Crippen LogP contribution is -2.47. The van der Waals surface area contributed by atoms with Crippen LogP contribution in [0.2, 0.25) is 0 Å². The molecule has 0 radical (unpaired) electrons. The number of nitrogens with one attached hydrogen (secondary N) is 3. The first-order chi connectivity index (χ1) is 41.9. The smallest absolute Gasteiger partial charge is 0.247 e. The Balaban J connectivity index is 0.000000556. The molecule has 1 saturated heterocycles. The molecule has 3 aromatic carbocycles. The topological polar surface area (TPSA) is 216 Å². The molecule has 2 atom stereocenters. The average Bonchev–Trinajstić information content (AvgIpc) is 4.17. The van der Waals surface area contributed by atoms with Crippen molar-refractivity contribution in [2.24, 2.45) is 0 Å². The van der Waals surface area contributed by atoms with Gasteiger partial charge in [0.15, 0.2) is 5.13 Å². The molecule has 21 nitrogen and oxygen atoms in total. The first kappa shape index (κ1) is 67.7. The number of anilines is 2. The maximum absolute atomic E-state index is 14.0. The normalized spacial score (nSPS) is 14.1. The van der Waals surface area contributed by atoms with E-state index in [0.29, 0.717) is 102 Å². The molecule has 2 aliphatic rings. The van der Waals surface area contributed by atoms with Crippen molar-refractivity contribution in [3.05, 3.63) is 144 Å². The first-order valence-corrected chi connectivity index (χ1v) is 30.5. The van der Waals surface area contributed by atoms with Gasteiger partial charge < -0.3 is 64.0 Å². The number of ether oxygens (including phenoxy) is 6. The van der Waals surface area contributed by atoms with Crippen LogP contribution in [0.25, 0.3) is 0 Å². The zero-order chi connectivity index (χ0) is 61.3. The number of piperazine rings is 1. The van der Waals surface area contributed by atoms with Crippen LogP contribution in [-0.2, 0) is 59.2 Å². The number of benzene rings is 3. The van der Waals surface area contributed by atoms with Gasteiger partial charge in [-0.05, 0) is 125 Å². The Labute approximate surface area is 511 Å². The molecule has 0 bridgehead atoms. The monoisotopic (exact) mass is 1200 g/mol. The summed E-state index contributed by atoms with van der Waals surface area (Å²) in [6.45, 7) is 19.8. The largest absolute Gasteiger partial charge is 0.497 e. The summed E-state index contributed by atoms with van der Waals surface area (Å²) in [5, 5.41) is 19.4. The molecule has 466 valence electrons. The molecule has 1 aliphatic heterocycles. The summed E-state index contributed by atoms with van der Waals surface area (Å²) in [7, 11) is 7.65. The van der Waals surface area contributed by atoms with Crippen molar-refractivity contribution in [1.29, 1.82) is 0 Å². The van der Waals surface area contributed by atoms with E-state index in [1.807, 2.05) is 104 Å². The molecule has 7 rings (SSSR count). The lowest BCUT2D eigenvalue weighted by molar-refractivity contribution is -0.141. The first-order valence-electron chi connectivity index (χ1n) is 29.6. The van der Waals surface area contributed by atoms with E-state index in [-0.39, 0.29) is 36.2 Å². The van der Waals surface area contributed by atoms with Crippen LogP contribution in [0.3, 0.4) is 0 Å². The minimum absolute atomic E-state index is 0.00931. The molecule has 1 aliphatic carbocycles. The molecule has 0 spiro atoms. The van der Waals surface area contributed by atoms with Gasteiger partial charge in [-0.1, -0.05) is 60.9 Å². The number of aryl methyl sites for hydroxylation is 1. The van der Waals surface area contributed by atoms with Crippen molar-refractivity contribution in [2.45, 2.75) is 83.0 Å². The highest BCUT2D eigenvalue weighted by Gasteiger charge is 2.41. The number of amides is 4. The van der Waals surface area contributed by atoms with E-state index in [9.17, 15) is 19.2 Å². The lowest BCUT2D eigenvalue weighted by Gasteiger charge is -2.33. The van der Waals surface area contributed by atoms with E-state index in [4.69, 9.17) is 28.4 Å². The molecule has 1 saturated carbocycles. The second kappa shape index (κ2) is 37.9. The number of aromatic nitrogens is 4. The highest BCUT2D eigenvalue weighted by Crippen LogP contribution is 2.36. The zero-order valence-electron chi connectivity index (χ0n) is 50.9. The van der Waals surface area contributed by atoms with Crippen LogP contribution in [0.1, 0.15) is 67.6 Å². The molecular weight excluding hydrogens is 1110 g/mol. The molecule has 2 unspecified atom stereocenters. The van der Waals surface area contributed by atoms with Gasteiger partial charge in [0.05, 0.1) is 83.8 Å². The summed E-state index contributed by atoms with van der Waals surface area (Å²) in [5.41, 5.74) is 5.24. The van der Waals surface area contributed by atoms with Gasteiger partial charge in [-0.2, -0.15) is 0 Å². The number of nitrogens with zero attached hydrogens (tertiary/aromatic N) is 8. The number of hydrogen-bond acceptors (Lipinski definition) is 17. The highest BCUT2D eigenvalue weighted by molar-refractivity contribution is 7.13. The SMILES string of the molecule is C=C/C=C(\C=C)C(C)NC(=O)C(c1ccc(OC)cc1)N(C(=O)CCc1ccc(OCCCCN(C)CCOCCOCCc2cn(CCOCCOc3ccc(NC)cc3)nn2)cc1)C1CC1.CN1CCN(C(=O)Cc2csc(NC=O)n2)CC1. The number of likely N-dealkylation sites (N-methyl/N-ethyl adjacent to an activating group) is 2. The molecule has 2 aromatic heterocycles. The second-order valence-corrected chi connectivity index (χ2v) is 21.9. The fourth-order valence-corrected chi connectivity index (χ4v) is 9.93. The van der Waals surface area contributed by atoms with Gasteiger partial charge in [-0.25, -0.2) is 9.67 Å². The van der Waals surface area contributed by atoms with Crippen LogP contribution in [0.15, 0.2) is 121 Å². The van der Waals surface area contributed by atoms with Crippen LogP contribution in [0, 0.1) is 0 Å². The van der Waals surface area contributed by atoms with E-state index < -0.39 is 6.04 Å². The lowest BCUT2D eigenvalue weighted by atomic mass is 10.0. The Morgan fingerprint density at radius 1 is 0.802 bits per heavy atom. The third-order valence-electron chi connectivity index (χ3n) is 14.4. The van der Waals surface area contributed by atoms with Crippen molar-refractivity contribution >= 4 is 46.3 Å². The minimum Gasteiger partial charge on any atom is -0.497 e. The third kappa shape index (κ3) is 24.1. The Morgan fingerprint density at radius 2 is 1.48 bits per heavy atom. The number of unbranched alkanes of at least 4 members (excludes halogenated alkanes) is 1. The van der Waals surface area contributed by atoms with Crippen LogP contribution < -0.4 is 30.2 Å². The number of carbonyl (C=O) groups is 4. The molecule has 5 aromatic rings. The van der Waals surface area contributed by atoms with Gasteiger partial charge in [0.2, 0.25) is 24.1 Å². The quantitative estimate of drug-likeness (QED) is 0.0200. The van der Waals surface area contributed by atoms with Crippen molar-refractivity contribution in [1.82, 2.24) is 44.9 Å². The number of allylic oxidation sites excluding steroid dienone is 2. The molecule has 2 fully saturated rings. The van der Waals surface area contributed by atoms with Crippen molar-refractivity contribution in [3.63, 3.8) is 0 Å². The Bertz CT molecular complexity index is 2840. The standard InChI is InChI=1S/C53H73N7O8.C11H16N4O2S/c1-7-11-43(8-2)41(3)55-53(62)52(44-15-23-48(63-6)24-16-44)60(47-19-20-47)51(61)27-14-42-12-21-49(22-13-42)67-32-10-9-29-58(5)30-34-65-37-36-64-33-28-46-40-59(57-56-46)31-35-66-38-39-68-50-25-17-45(54-4)18-26-50;1-14-2-4-15(5-3-14)10(17)6-9-7-18-11(13-9)12-8-16/h7-8,11-13,15-18,21-26,40-41,47,52,54H,1-2,9-10,14,19-20,27-39H2,3-6H3,(H,55,62);7-8H,2-6H2,1H3,(H,12,13,16)/b43-11+;. The van der Waals surface area contributed by atoms with Crippen molar-refractivity contribution < 1.29 is 47.6 Å². The Kier molecular flexibility index (Phi) is 29.8. The summed E-state index contributed by atoms with van der Waals surface area (Å²) < 4.78 is 36.1. The number of methoxy groups -OCH3 is 1. The van der Waals surface area contributed by atoms with Crippen LogP contribution in [0.5, 0.6) is 17.2 Å². The fraction of sp³-hybridized carbons (Fsp3) is 0.484. The van der Waals surface area contributed by atoms with Gasteiger partial charge >= 0.3 is 0 Å². The van der Waals surface area contributed by atoms with E-state index in [0.717, 1.165) is 105 Å². The molecule has 86 heavy (non-hydrogen) atoms. The predicted molar refractivity (Wildman–Crippen MR) is 336 cm³/mol. The fourth-order valence-electron chi connectivity index (χ4n) is 9.26. The van der Waals surface area contributed by atoms with Gasteiger partial charge in [-0.3, -0.25) is 19.2 Å². The van der Waals surface area contributed by atoms with Gasteiger partial charge in [-0.15, -0.1) is 16.4 Å². The molecule has 3 heterocycles. The van der Waals surface area contributed by atoms with E-state index in [2.05, 4.69) is 68.3 Å². The Morgan fingerprint density at radius 3 is 2.15 bits per heavy atom. The van der Waals surface area contributed by atoms with Crippen LogP contribution >= 0.6 is 11.3 Å². The van der Waals surface area contributed by atoms with Crippen LogP contribution in [0.4, 0.5) is 10.8 Å². The molecule has 3 N–H and O–H groups in total. The summed E-state index contributed by atoms with van der Waals surface area (Å²) in [4.78, 5) is 62.6. The number of carbonyl (C=O) groups excluding carboxylic acids is 4. The van der Waals surface area contributed by atoms with Gasteiger partial charge in [0, 0.05) is 75.9 Å². The molecule has 22 heteroatoms.